The second-order valence-electron chi connectivity index (χ2n) is 8.26. The Kier molecular flexibility index (Phi) is 9.09. The van der Waals surface area contributed by atoms with E-state index < -0.39 is 12.2 Å². The lowest BCUT2D eigenvalue weighted by molar-refractivity contribution is 0.0910. The summed E-state index contributed by atoms with van der Waals surface area (Å²) in [6, 6.07) is 24.8. The van der Waals surface area contributed by atoms with Gasteiger partial charge >= 0.3 is 6.09 Å². The Bertz CT molecular complexity index is 1340. The highest BCUT2D eigenvalue weighted by atomic mass is 32.1. The Balaban J connectivity index is 1.46. The standard InChI is InChI=1S/C28H30N4O4S/c1-34-15-14-31-17-20-10-5-6-11-22(20)32-28(33)35-18-24(19-8-3-2-4-9-19)36-23-12-7-13-25-21(23)16-26(37-25)27(29)30/h2-13,16,24,31H,14-15,17-18H2,1H3,(H3,29,30)(H,32,33). The molecule has 0 aliphatic heterocycles. The zero-order valence-electron chi connectivity index (χ0n) is 20.5. The first kappa shape index (κ1) is 26.2. The maximum Gasteiger partial charge on any atom is 0.411 e. The number of carbonyl (C=O) groups is 1. The van der Waals surface area contributed by atoms with Gasteiger partial charge in [-0.25, -0.2) is 4.79 Å². The number of amides is 1. The number of hydrogen-bond acceptors (Lipinski definition) is 7. The smallest absolute Gasteiger partial charge is 0.411 e. The van der Waals surface area contributed by atoms with Crippen molar-refractivity contribution >= 4 is 39.0 Å². The van der Waals surface area contributed by atoms with Crippen LogP contribution < -0.4 is 21.1 Å². The molecule has 0 saturated heterocycles. The van der Waals surface area contributed by atoms with Crippen LogP contribution in [-0.2, 0) is 16.0 Å². The molecule has 0 aliphatic carbocycles. The maximum absolute atomic E-state index is 12.8. The Morgan fingerprint density at radius 1 is 1.05 bits per heavy atom. The molecule has 1 unspecified atom stereocenters. The van der Waals surface area contributed by atoms with Gasteiger partial charge in [0, 0.05) is 36.0 Å². The first-order valence-electron chi connectivity index (χ1n) is 11.8. The second kappa shape index (κ2) is 12.9. The van der Waals surface area contributed by atoms with Crippen LogP contribution in [-0.4, -0.2) is 38.8 Å². The molecule has 8 nitrogen and oxygen atoms in total. The highest BCUT2D eigenvalue weighted by Crippen LogP contribution is 2.35. The molecular weight excluding hydrogens is 488 g/mol. The molecule has 0 spiro atoms. The van der Waals surface area contributed by atoms with E-state index in [4.69, 9.17) is 25.4 Å². The minimum atomic E-state index is -0.568. The summed E-state index contributed by atoms with van der Waals surface area (Å²) in [6.45, 7) is 1.90. The molecule has 1 amide bonds. The fraction of sp³-hybridized carbons (Fsp3) is 0.214. The fourth-order valence-electron chi connectivity index (χ4n) is 3.78. The van der Waals surface area contributed by atoms with Crippen LogP contribution in [0.3, 0.4) is 0 Å². The Morgan fingerprint density at radius 2 is 1.84 bits per heavy atom. The van der Waals surface area contributed by atoms with Gasteiger partial charge in [-0.05, 0) is 35.4 Å². The molecule has 5 N–H and O–H groups in total. The van der Waals surface area contributed by atoms with Crippen LogP contribution in [0.2, 0.25) is 0 Å². The van der Waals surface area contributed by atoms with E-state index in [0.29, 0.717) is 36.0 Å². The van der Waals surface area contributed by atoms with Gasteiger partial charge in [-0.1, -0.05) is 54.6 Å². The Hall–Kier alpha value is -3.92. The second-order valence-corrected chi connectivity index (χ2v) is 9.34. The number of nitrogens with one attached hydrogen (secondary N) is 3. The lowest BCUT2D eigenvalue weighted by Gasteiger charge is -2.20. The van der Waals surface area contributed by atoms with Gasteiger partial charge in [-0.2, -0.15) is 0 Å². The van der Waals surface area contributed by atoms with Crippen molar-refractivity contribution in [1.29, 1.82) is 5.41 Å². The number of para-hydroxylation sites is 1. The molecule has 4 aromatic rings. The SMILES string of the molecule is COCCNCc1ccccc1NC(=O)OCC(Oc1cccc2sc(C(=N)N)cc12)c1ccccc1. The number of rotatable bonds is 12. The molecule has 4 rings (SSSR count). The average Bonchev–Trinajstić information content (AvgIpc) is 3.36. The van der Waals surface area contributed by atoms with Crippen molar-refractivity contribution in [2.75, 3.05) is 32.2 Å². The van der Waals surface area contributed by atoms with Crippen LogP contribution in [0.15, 0.2) is 78.9 Å². The van der Waals surface area contributed by atoms with Gasteiger partial charge < -0.3 is 25.3 Å². The van der Waals surface area contributed by atoms with Crippen molar-refractivity contribution in [3.63, 3.8) is 0 Å². The van der Waals surface area contributed by atoms with E-state index in [1.165, 1.54) is 11.3 Å². The first-order chi connectivity index (χ1) is 18.0. The number of fused-ring (bicyclic) bond motifs is 1. The van der Waals surface area contributed by atoms with Crippen LogP contribution in [0.1, 0.15) is 22.1 Å². The molecule has 1 heterocycles. The summed E-state index contributed by atoms with van der Waals surface area (Å²) >= 11 is 1.43. The lowest BCUT2D eigenvalue weighted by atomic mass is 10.1. The number of hydrogen-bond donors (Lipinski definition) is 4. The molecule has 1 atom stereocenters. The van der Waals surface area contributed by atoms with Crippen LogP contribution in [0.5, 0.6) is 5.75 Å². The summed E-state index contributed by atoms with van der Waals surface area (Å²) in [4.78, 5) is 13.4. The van der Waals surface area contributed by atoms with Crippen LogP contribution in [0.4, 0.5) is 10.5 Å². The van der Waals surface area contributed by atoms with Crippen molar-refractivity contribution in [2.24, 2.45) is 5.73 Å². The molecule has 0 aliphatic rings. The molecule has 0 saturated carbocycles. The molecule has 0 radical (unpaired) electrons. The Morgan fingerprint density at radius 3 is 2.62 bits per heavy atom. The van der Waals surface area contributed by atoms with Gasteiger partial charge in [-0.15, -0.1) is 11.3 Å². The zero-order chi connectivity index (χ0) is 26.0. The number of ether oxygens (including phenoxy) is 3. The minimum absolute atomic E-state index is 0.00416. The summed E-state index contributed by atoms with van der Waals surface area (Å²) < 4.78 is 18.0. The maximum atomic E-state index is 12.8. The monoisotopic (exact) mass is 518 g/mol. The predicted octanol–water partition coefficient (Wildman–Crippen LogP) is 5.29. The van der Waals surface area contributed by atoms with E-state index in [9.17, 15) is 4.79 Å². The fourth-order valence-corrected chi connectivity index (χ4v) is 4.72. The number of amidine groups is 1. The molecule has 3 aromatic carbocycles. The number of benzene rings is 3. The third kappa shape index (κ3) is 7.07. The van der Waals surface area contributed by atoms with E-state index in [0.717, 1.165) is 21.2 Å². The third-order valence-electron chi connectivity index (χ3n) is 5.65. The van der Waals surface area contributed by atoms with Crippen LogP contribution >= 0.6 is 11.3 Å². The molecule has 0 fully saturated rings. The van der Waals surface area contributed by atoms with E-state index in [1.54, 1.807) is 7.11 Å². The van der Waals surface area contributed by atoms with Crippen molar-refractivity contribution in [1.82, 2.24) is 5.32 Å². The van der Waals surface area contributed by atoms with E-state index in [2.05, 4.69) is 10.6 Å². The highest BCUT2D eigenvalue weighted by molar-refractivity contribution is 7.20. The first-order valence-corrected chi connectivity index (χ1v) is 12.7. The molecule has 37 heavy (non-hydrogen) atoms. The number of anilines is 1. The minimum Gasteiger partial charge on any atom is -0.481 e. The summed E-state index contributed by atoms with van der Waals surface area (Å²) in [5.41, 5.74) is 8.18. The normalized spacial score (nSPS) is 11.7. The quantitative estimate of drug-likeness (QED) is 0.115. The number of nitrogen functional groups attached to an aromatic ring is 1. The molecular formula is C28H30N4O4S. The third-order valence-corrected chi connectivity index (χ3v) is 6.78. The summed E-state index contributed by atoms with van der Waals surface area (Å²) in [7, 11) is 1.66. The van der Waals surface area contributed by atoms with E-state index in [-0.39, 0.29) is 12.4 Å². The Labute approximate surface area is 219 Å². The largest absolute Gasteiger partial charge is 0.481 e. The molecule has 9 heteroatoms. The summed E-state index contributed by atoms with van der Waals surface area (Å²) in [5, 5.41) is 14.7. The number of thiophene rings is 1. The van der Waals surface area contributed by atoms with Gasteiger partial charge in [0.1, 0.15) is 18.2 Å². The van der Waals surface area contributed by atoms with Crippen LogP contribution in [0.25, 0.3) is 10.1 Å². The van der Waals surface area contributed by atoms with Gasteiger partial charge in [-0.3, -0.25) is 10.7 Å². The van der Waals surface area contributed by atoms with E-state index >= 15 is 0 Å². The van der Waals surface area contributed by atoms with Crippen LogP contribution in [0, 0.1) is 5.41 Å². The molecule has 0 bridgehead atoms. The average molecular weight is 519 g/mol. The van der Waals surface area contributed by atoms with E-state index in [1.807, 2.05) is 78.9 Å². The number of nitrogens with two attached hydrogens (primary N) is 1. The number of carbonyl (C=O) groups excluding carboxylic acids is 1. The van der Waals surface area contributed by atoms with Gasteiger partial charge in [0.05, 0.1) is 11.5 Å². The van der Waals surface area contributed by atoms with Crippen molar-refractivity contribution < 1.29 is 19.0 Å². The summed E-state index contributed by atoms with van der Waals surface area (Å²) in [5.74, 6) is 0.646. The van der Waals surface area contributed by atoms with Crippen molar-refractivity contribution in [2.45, 2.75) is 12.6 Å². The lowest BCUT2D eigenvalue weighted by Crippen LogP contribution is -2.23. The zero-order valence-corrected chi connectivity index (χ0v) is 21.3. The van der Waals surface area contributed by atoms with Crippen molar-refractivity contribution in [3.05, 3.63) is 94.9 Å². The van der Waals surface area contributed by atoms with Gasteiger partial charge in [0.2, 0.25) is 0 Å². The van der Waals surface area contributed by atoms with Gasteiger partial charge in [0.25, 0.3) is 0 Å². The molecule has 192 valence electrons. The topological polar surface area (TPSA) is 119 Å². The van der Waals surface area contributed by atoms with Crippen molar-refractivity contribution in [3.8, 4) is 5.75 Å². The predicted molar refractivity (Wildman–Crippen MR) is 148 cm³/mol. The number of methoxy groups -OCH3 is 1. The molecule has 1 aromatic heterocycles. The highest BCUT2D eigenvalue weighted by Gasteiger charge is 2.19. The van der Waals surface area contributed by atoms with Gasteiger partial charge in [0.15, 0.2) is 6.10 Å². The summed E-state index contributed by atoms with van der Waals surface area (Å²) in [6.07, 6.45) is -1.11.